The lowest BCUT2D eigenvalue weighted by atomic mass is 10.2. The Balaban J connectivity index is 1.99. The summed E-state index contributed by atoms with van der Waals surface area (Å²) in [6, 6.07) is 0. The van der Waals surface area contributed by atoms with Crippen LogP contribution < -0.4 is 0 Å². The van der Waals surface area contributed by atoms with Crippen molar-refractivity contribution in [2.24, 2.45) is 11.1 Å². The van der Waals surface area contributed by atoms with Crippen LogP contribution in [0.2, 0.25) is 0 Å². The van der Waals surface area contributed by atoms with E-state index in [0.29, 0.717) is 32.3 Å². The zero-order chi connectivity index (χ0) is 10.2. The second-order valence-corrected chi connectivity index (χ2v) is 3.78. The SMILES string of the molecule is CC(C)C/C=N\OCC1COCCO1. The fourth-order valence-corrected chi connectivity index (χ4v) is 1.07. The van der Waals surface area contributed by atoms with Crippen LogP contribution in [0.3, 0.4) is 0 Å². The van der Waals surface area contributed by atoms with E-state index in [1.165, 1.54) is 0 Å². The standard InChI is InChI=1S/C10H19NO3/c1-9(2)3-4-11-14-8-10-7-12-5-6-13-10/h4,9-10H,3,5-8H2,1-2H3/b11-4-. The van der Waals surface area contributed by atoms with Crippen molar-refractivity contribution in [1.29, 1.82) is 0 Å². The van der Waals surface area contributed by atoms with E-state index in [0.717, 1.165) is 6.42 Å². The highest BCUT2D eigenvalue weighted by Gasteiger charge is 2.14. The molecule has 1 heterocycles. The quantitative estimate of drug-likeness (QED) is 0.499. The summed E-state index contributed by atoms with van der Waals surface area (Å²) in [5.74, 6) is 0.622. The second-order valence-electron chi connectivity index (χ2n) is 3.78. The average molecular weight is 201 g/mol. The minimum Gasteiger partial charge on any atom is -0.393 e. The number of ether oxygens (including phenoxy) is 2. The Kier molecular flexibility index (Phi) is 5.56. The van der Waals surface area contributed by atoms with Crippen molar-refractivity contribution in [3.05, 3.63) is 0 Å². The lowest BCUT2D eigenvalue weighted by molar-refractivity contribution is -0.114. The summed E-state index contributed by atoms with van der Waals surface area (Å²) in [6.07, 6.45) is 2.79. The monoisotopic (exact) mass is 201 g/mol. The van der Waals surface area contributed by atoms with E-state index in [-0.39, 0.29) is 6.10 Å². The van der Waals surface area contributed by atoms with Gasteiger partial charge in [0.1, 0.15) is 12.7 Å². The highest BCUT2D eigenvalue weighted by molar-refractivity contribution is 5.56. The highest BCUT2D eigenvalue weighted by atomic mass is 16.7. The first-order chi connectivity index (χ1) is 6.79. The molecule has 0 saturated carbocycles. The van der Waals surface area contributed by atoms with Crippen molar-refractivity contribution in [2.75, 3.05) is 26.4 Å². The molecule has 0 N–H and O–H groups in total. The molecule has 1 saturated heterocycles. The molecule has 1 aliphatic heterocycles. The van der Waals surface area contributed by atoms with E-state index in [4.69, 9.17) is 14.3 Å². The third-order valence-electron chi connectivity index (χ3n) is 1.87. The maximum Gasteiger partial charge on any atom is 0.145 e. The van der Waals surface area contributed by atoms with Crippen LogP contribution in [0.1, 0.15) is 20.3 Å². The topological polar surface area (TPSA) is 40.0 Å². The lowest BCUT2D eigenvalue weighted by Crippen LogP contribution is -2.31. The molecule has 0 aromatic heterocycles. The molecular weight excluding hydrogens is 182 g/mol. The van der Waals surface area contributed by atoms with Crippen molar-refractivity contribution < 1.29 is 14.3 Å². The molecule has 82 valence electrons. The number of rotatable bonds is 5. The molecule has 1 aliphatic rings. The van der Waals surface area contributed by atoms with Crippen molar-refractivity contribution in [1.82, 2.24) is 0 Å². The number of hydrogen-bond donors (Lipinski definition) is 0. The zero-order valence-corrected chi connectivity index (χ0v) is 8.94. The molecule has 0 amide bonds. The van der Waals surface area contributed by atoms with Gasteiger partial charge in [0, 0.05) is 6.21 Å². The van der Waals surface area contributed by atoms with E-state index >= 15 is 0 Å². The third kappa shape index (κ3) is 5.19. The Morgan fingerprint density at radius 1 is 1.50 bits per heavy atom. The summed E-state index contributed by atoms with van der Waals surface area (Å²) < 4.78 is 10.6. The molecule has 0 aromatic carbocycles. The van der Waals surface area contributed by atoms with E-state index in [1.54, 1.807) is 6.21 Å². The molecule has 4 nitrogen and oxygen atoms in total. The van der Waals surface area contributed by atoms with E-state index in [2.05, 4.69) is 19.0 Å². The van der Waals surface area contributed by atoms with Gasteiger partial charge in [0.15, 0.2) is 0 Å². The summed E-state index contributed by atoms with van der Waals surface area (Å²) in [5, 5.41) is 3.85. The van der Waals surface area contributed by atoms with Gasteiger partial charge < -0.3 is 14.3 Å². The summed E-state index contributed by atoms with van der Waals surface area (Å²) in [4.78, 5) is 5.09. The minimum atomic E-state index is 0.0416. The largest absolute Gasteiger partial charge is 0.393 e. The van der Waals surface area contributed by atoms with Crippen LogP contribution in [0.5, 0.6) is 0 Å². The molecule has 4 heteroatoms. The Hall–Kier alpha value is -0.610. The van der Waals surface area contributed by atoms with E-state index in [1.807, 2.05) is 0 Å². The molecule has 0 aromatic rings. The number of hydrogen-bond acceptors (Lipinski definition) is 4. The molecule has 0 bridgehead atoms. The Labute approximate surface area is 85.2 Å². The van der Waals surface area contributed by atoms with Crippen molar-refractivity contribution in [2.45, 2.75) is 26.4 Å². The molecule has 1 atom stereocenters. The first kappa shape index (κ1) is 11.5. The molecule has 0 radical (unpaired) electrons. The van der Waals surface area contributed by atoms with Crippen molar-refractivity contribution >= 4 is 6.21 Å². The minimum absolute atomic E-state index is 0.0416. The first-order valence-electron chi connectivity index (χ1n) is 5.12. The Morgan fingerprint density at radius 3 is 3.00 bits per heavy atom. The molecule has 0 aliphatic carbocycles. The molecule has 0 spiro atoms. The summed E-state index contributed by atoms with van der Waals surface area (Å²) in [5.41, 5.74) is 0. The van der Waals surface area contributed by atoms with E-state index < -0.39 is 0 Å². The van der Waals surface area contributed by atoms with Crippen molar-refractivity contribution in [3.8, 4) is 0 Å². The molecule has 1 rings (SSSR count). The maximum atomic E-state index is 5.38. The third-order valence-corrected chi connectivity index (χ3v) is 1.87. The van der Waals surface area contributed by atoms with Crippen LogP contribution in [0.4, 0.5) is 0 Å². The van der Waals surface area contributed by atoms with Crippen LogP contribution in [0, 0.1) is 5.92 Å². The van der Waals surface area contributed by atoms with Crippen LogP contribution in [-0.4, -0.2) is 38.7 Å². The van der Waals surface area contributed by atoms with Crippen molar-refractivity contribution in [3.63, 3.8) is 0 Å². The van der Waals surface area contributed by atoms with E-state index in [9.17, 15) is 0 Å². The number of oxime groups is 1. The van der Waals surface area contributed by atoms with Gasteiger partial charge in [-0.15, -0.1) is 0 Å². The molecule has 1 unspecified atom stereocenters. The lowest BCUT2D eigenvalue weighted by Gasteiger charge is -2.21. The fourth-order valence-electron chi connectivity index (χ4n) is 1.07. The zero-order valence-electron chi connectivity index (χ0n) is 8.94. The van der Waals surface area contributed by atoms with Crippen LogP contribution in [-0.2, 0) is 14.3 Å². The van der Waals surface area contributed by atoms with Gasteiger partial charge in [-0.3, -0.25) is 0 Å². The predicted octanol–water partition coefficient (Wildman–Crippen LogP) is 1.45. The van der Waals surface area contributed by atoms with Gasteiger partial charge in [0.05, 0.1) is 19.8 Å². The predicted molar refractivity (Wildman–Crippen MR) is 54.5 cm³/mol. The smallest absolute Gasteiger partial charge is 0.145 e. The van der Waals surface area contributed by atoms with Gasteiger partial charge in [-0.05, 0) is 12.3 Å². The van der Waals surface area contributed by atoms with Gasteiger partial charge in [0.2, 0.25) is 0 Å². The normalized spacial score (nSPS) is 23.2. The van der Waals surface area contributed by atoms with Crippen LogP contribution in [0.25, 0.3) is 0 Å². The highest BCUT2D eigenvalue weighted by Crippen LogP contribution is 2.01. The van der Waals surface area contributed by atoms with Crippen LogP contribution in [0.15, 0.2) is 5.16 Å². The van der Waals surface area contributed by atoms with Gasteiger partial charge in [-0.25, -0.2) is 0 Å². The fraction of sp³-hybridized carbons (Fsp3) is 0.900. The average Bonchev–Trinajstić information content (AvgIpc) is 2.18. The maximum absolute atomic E-state index is 5.38. The van der Waals surface area contributed by atoms with Gasteiger partial charge in [-0.1, -0.05) is 19.0 Å². The summed E-state index contributed by atoms with van der Waals surface area (Å²) >= 11 is 0. The first-order valence-corrected chi connectivity index (χ1v) is 5.12. The van der Waals surface area contributed by atoms with Gasteiger partial charge in [-0.2, -0.15) is 0 Å². The van der Waals surface area contributed by atoms with Gasteiger partial charge in [0.25, 0.3) is 0 Å². The Bertz CT molecular complexity index is 165. The molecule has 14 heavy (non-hydrogen) atoms. The number of nitrogens with zero attached hydrogens (tertiary/aromatic N) is 1. The molecule has 1 fully saturated rings. The molecular formula is C10H19NO3. The summed E-state index contributed by atoms with van der Waals surface area (Å²) in [6.45, 7) is 6.72. The van der Waals surface area contributed by atoms with Crippen LogP contribution >= 0.6 is 0 Å². The summed E-state index contributed by atoms with van der Waals surface area (Å²) in [7, 11) is 0. The van der Waals surface area contributed by atoms with Gasteiger partial charge >= 0.3 is 0 Å². The second kappa shape index (κ2) is 6.79. The Morgan fingerprint density at radius 2 is 2.36 bits per heavy atom.